The van der Waals surface area contributed by atoms with E-state index in [0.717, 1.165) is 19.4 Å². The lowest BCUT2D eigenvalue weighted by Gasteiger charge is -1.98. The number of nitrogens with one attached hydrogen (secondary N) is 1. The molecule has 0 aromatic heterocycles. The van der Waals surface area contributed by atoms with Crippen molar-refractivity contribution in [1.29, 1.82) is 0 Å². The Kier molecular flexibility index (Phi) is 7.41. The molecule has 0 aromatic rings. The lowest BCUT2D eigenvalue weighted by molar-refractivity contribution is -0.137. The lowest BCUT2D eigenvalue weighted by atomic mass is 10.2. The fourth-order valence-electron chi connectivity index (χ4n) is 0.766. The number of hydrogen-bond donors (Lipinski definition) is 2. The summed E-state index contributed by atoms with van der Waals surface area (Å²) in [7, 11) is 0. The maximum absolute atomic E-state index is 10.1. The third-order valence-electron chi connectivity index (χ3n) is 1.38. The maximum atomic E-state index is 10.1. The zero-order chi connectivity index (χ0) is 9.23. The Morgan fingerprint density at radius 3 is 2.83 bits per heavy atom. The van der Waals surface area contributed by atoms with Crippen molar-refractivity contribution in [2.75, 3.05) is 13.1 Å². The van der Waals surface area contributed by atoms with Gasteiger partial charge in [0.15, 0.2) is 0 Å². The zero-order valence-corrected chi connectivity index (χ0v) is 7.39. The van der Waals surface area contributed by atoms with Crippen LogP contribution in [-0.2, 0) is 4.79 Å². The average molecular weight is 169 g/mol. The Bertz CT molecular complexity index is 179. The van der Waals surface area contributed by atoms with Gasteiger partial charge in [0, 0.05) is 6.42 Å². The van der Waals surface area contributed by atoms with E-state index in [0.29, 0.717) is 6.54 Å². The van der Waals surface area contributed by atoms with Gasteiger partial charge in [0.2, 0.25) is 0 Å². The van der Waals surface area contributed by atoms with E-state index in [1.54, 1.807) is 6.92 Å². The van der Waals surface area contributed by atoms with Crippen LogP contribution < -0.4 is 5.32 Å². The van der Waals surface area contributed by atoms with Gasteiger partial charge in [0.05, 0.1) is 6.54 Å². The second kappa shape index (κ2) is 8.09. The minimum Gasteiger partial charge on any atom is -0.481 e. The van der Waals surface area contributed by atoms with Crippen LogP contribution in [0.2, 0.25) is 0 Å². The second-order valence-electron chi connectivity index (χ2n) is 2.45. The van der Waals surface area contributed by atoms with Crippen LogP contribution in [0.5, 0.6) is 0 Å². The second-order valence-corrected chi connectivity index (χ2v) is 2.45. The monoisotopic (exact) mass is 169 g/mol. The smallest absolute Gasteiger partial charge is 0.303 e. The first-order valence-corrected chi connectivity index (χ1v) is 4.09. The van der Waals surface area contributed by atoms with E-state index in [1.165, 1.54) is 0 Å². The van der Waals surface area contributed by atoms with Crippen LogP contribution >= 0.6 is 0 Å². The summed E-state index contributed by atoms with van der Waals surface area (Å²) in [4.78, 5) is 10.1. The number of unbranched alkanes of at least 4 members (excludes halogenated alkanes) is 1. The maximum Gasteiger partial charge on any atom is 0.303 e. The number of carboxylic acid groups (broad SMARTS) is 1. The molecule has 0 spiro atoms. The Morgan fingerprint density at radius 2 is 2.25 bits per heavy atom. The van der Waals surface area contributed by atoms with Crippen molar-refractivity contribution in [2.45, 2.75) is 26.2 Å². The summed E-state index contributed by atoms with van der Waals surface area (Å²) in [5.74, 6) is 4.92. The number of carboxylic acids is 1. The fourth-order valence-corrected chi connectivity index (χ4v) is 0.766. The summed E-state index contributed by atoms with van der Waals surface area (Å²) in [6.07, 6.45) is 1.90. The van der Waals surface area contributed by atoms with Crippen LogP contribution in [-0.4, -0.2) is 24.2 Å². The highest BCUT2D eigenvalue weighted by Gasteiger charge is 1.94. The first kappa shape index (κ1) is 11.0. The molecule has 0 heterocycles. The molecule has 0 radical (unpaired) electrons. The van der Waals surface area contributed by atoms with Crippen LogP contribution in [0.15, 0.2) is 0 Å². The third kappa shape index (κ3) is 8.99. The summed E-state index contributed by atoms with van der Waals surface area (Å²) in [5.41, 5.74) is 0. The summed E-state index contributed by atoms with van der Waals surface area (Å²) in [6, 6.07) is 0. The van der Waals surface area contributed by atoms with Gasteiger partial charge in [-0.3, -0.25) is 4.79 Å². The van der Waals surface area contributed by atoms with E-state index in [9.17, 15) is 4.79 Å². The quantitative estimate of drug-likeness (QED) is 0.458. The van der Waals surface area contributed by atoms with Crippen LogP contribution in [0.3, 0.4) is 0 Å². The Morgan fingerprint density at radius 1 is 1.50 bits per heavy atom. The Labute approximate surface area is 73.2 Å². The van der Waals surface area contributed by atoms with Gasteiger partial charge in [-0.05, 0) is 26.3 Å². The van der Waals surface area contributed by atoms with E-state index in [2.05, 4.69) is 17.2 Å². The van der Waals surface area contributed by atoms with Crippen molar-refractivity contribution in [3.05, 3.63) is 0 Å². The summed E-state index contributed by atoms with van der Waals surface area (Å²) in [6.45, 7) is 3.34. The first-order valence-electron chi connectivity index (χ1n) is 4.09. The Hall–Kier alpha value is -1.01. The van der Waals surface area contributed by atoms with Crippen molar-refractivity contribution < 1.29 is 9.90 Å². The Balaban J connectivity index is 2.99. The highest BCUT2D eigenvalue weighted by Crippen LogP contribution is 1.92. The number of carbonyl (C=O) groups is 1. The minimum atomic E-state index is -0.719. The van der Waals surface area contributed by atoms with E-state index in [4.69, 9.17) is 5.11 Å². The van der Waals surface area contributed by atoms with Gasteiger partial charge in [-0.1, -0.05) is 5.92 Å². The highest BCUT2D eigenvalue weighted by atomic mass is 16.4. The molecule has 0 saturated heterocycles. The molecule has 0 rings (SSSR count). The molecule has 0 aliphatic heterocycles. The summed E-state index contributed by atoms with van der Waals surface area (Å²) < 4.78 is 0. The molecule has 0 saturated carbocycles. The molecular weight excluding hydrogens is 154 g/mol. The predicted octanol–water partition coefficient (Wildman–Crippen LogP) is 0.854. The average Bonchev–Trinajstić information content (AvgIpc) is 2.02. The molecule has 0 aliphatic carbocycles. The van der Waals surface area contributed by atoms with Crippen molar-refractivity contribution in [2.24, 2.45) is 0 Å². The number of rotatable bonds is 6. The largest absolute Gasteiger partial charge is 0.481 e. The van der Waals surface area contributed by atoms with E-state index < -0.39 is 5.97 Å². The molecule has 3 nitrogen and oxygen atoms in total. The molecule has 0 fully saturated rings. The van der Waals surface area contributed by atoms with Gasteiger partial charge < -0.3 is 10.4 Å². The van der Waals surface area contributed by atoms with Crippen LogP contribution in [0.1, 0.15) is 26.2 Å². The third-order valence-corrected chi connectivity index (χ3v) is 1.38. The van der Waals surface area contributed by atoms with Crippen molar-refractivity contribution in [1.82, 2.24) is 5.32 Å². The lowest BCUT2D eigenvalue weighted by Crippen LogP contribution is -2.15. The molecule has 0 aromatic carbocycles. The highest BCUT2D eigenvalue weighted by molar-refractivity contribution is 5.66. The molecular formula is C9H15NO2. The molecule has 0 amide bonds. The minimum absolute atomic E-state index is 0.265. The molecule has 0 aliphatic rings. The van der Waals surface area contributed by atoms with Gasteiger partial charge in [-0.2, -0.15) is 0 Å². The van der Waals surface area contributed by atoms with Crippen molar-refractivity contribution >= 4 is 5.97 Å². The first-order chi connectivity index (χ1) is 5.77. The molecule has 12 heavy (non-hydrogen) atoms. The molecule has 68 valence electrons. The predicted molar refractivity (Wildman–Crippen MR) is 47.8 cm³/mol. The van der Waals surface area contributed by atoms with Crippen molar-refractivity contribution in [3.63, 3.8) is 0 Å². The SMILES string of the molecule is CC#CCNCCCCC(=O)O. The zero-order valence-electron chi connectivity index (χ0n) is 7.39. The van der Waals surface area contributed by atoms with E-state index in [-0.39, 0.29) is 6.42 Å². The van der Waals surface area contributed by atoms with E-state index >= 15 is 0 Å². The summed E-state index contributed by atoms with van der Waals surface area (Å²) >= 11 is 0. The molecule has 0 atom stereocenters. The number of aliphatic carboxylic acids is 1. The van der Waals surface area contributed by atoms with Crippen molar-refractivity contribution in [3.8, 4) is 11.8 Å². The van der Waals surface area contributed by atoms with Crippen LogP contribution in [0.25, 0.3) is 0 Å². The number of hydrogen-bond acceptors (Lipinski definition) is 2. The molecule has 3 heteroatoms. The normalized spacial score (nSPS) is 8.75. The summed E-state index contributed by atoms with van der Waals surface area (Å²) in [5, 5.41) is 11.4. The standard InChI is InChI=1S/C9H15NO2/c1-2-3-7-10-8-5-4-6-9(11)12/h10H,4-8H2,1H3,(H,11,12). The van der Waals surface area contributed by atoms with Gasteiger partial charge in [-0.15, -0.1) is 5.92 Å². The van der Waals surface area contributed by atoms with Gasteiger partial charge in [0.1, 0.15) is 0 Å². The topological polar surface area (TPSA) is 49.3 Å². The molecule has 0 bridgehead atoms. The van der Waals surface area contributed by atoms with Crippen LogP contribution in [0.4, 0.5) is 0 Å². The van der Waals surface area contributed by atoms with Gasteiger partial charge >= 0.3 is 5.97 Å². The van der Waals surface area contributed by atoms with Gasteiger partial charge in [-0.25, -0.2) is 0 Å². The molecule has 2 N–H and O–H groups in total. The van der Waals surface area contributed by atoms with Crippen LogP contribution in [0, 0.1) is 11.8 Å². The van der Waals surface area contributed by atoms with Gasteiger partial charge in [0.25, 0.3) is 0 Å². The fraction of sp³-hybridized carbons (Fsp3) is 0.667. The van der Waals surface area contributed by atoms with E-state index in [1.807, 2.05) is 0 Å². The molecule has 0 unspecified atom stereocenters.